The number of carbonyl (C=O) groups is 1. The van der Waals surface area contributed by atoms with Gasteiger partial charge in [0.1, 0.15) is 5.56 Å². The SMILES string of the molecule is Cc1cccc(C(=O)NCC(C)CO)c1[N+](=O)[O-]. The van der Waals surface area contributed by atoms with E-state index < -0.39 is 10.8 Å². The third kappa shape index (κ3) is 3.27. The molecule has 0 aliphatic carbocycles. The van der Waals surface area contributed by atoms with Crippen molar-refractivity contribution < 1.29 is 14.8 Å². The second-order valence-corrected chi connectivity index (χ2v) is 4.23. The standard InChI is InChI=1S/C12H16N2O4/c1-8(7-15)6-13-12(16)10-5-3-4-9(2)11(10)14(17)18/h3-5,8,15H,6-7H2,1-2H3,(H,13,16). The van der Waals surface area contributed by atoms with Crippen LogP contribution in [0.15, 0.2) is 18.2 Å². The van der Waals surface area contributed by atoms with Crippen LogP contribution < -0.4 is 5.32 Å². The van der Waals surface area contributed by atoms with Crippen molar-refractivity contribution >= 4 is 11.6 Å². The molecular formula is C12H16N2O4. The molecule has 6 nitrogen and oxygen atoms in total. The van der Waals surface area contributed by atoms with Crippen molar-refractivity contribution in [2.24, 2.45) is 5.92 Å². The van der Waals surface area contributed by atoms with E-state index in [1.165, 1.54) is 6.07 Å². The van der Waals surface area contributed by atoms with Crippen molar-refractivity contribution in [3.8, 4) is 0 Å². The number of aliphatic hydroxyl groups is 1. The van der Waals surface area contributed by atoms with Gasteiger partial charge in [0.25, 0.3) is 11.6 Å². The van der Waals surface area contributed by atoms with E-state index in [0.29, 0.717) is 5.56 Å². The number of nitrogens with zero attached hydrogens (tertiary/aromatic N) is 1. The Morgan fingerprint density at radius 1 is 1.56 bits per heavy atom. The molecule has 1 aromatic carbocycles. The molecule has 18 heavy (non-hydrogen) atoms. The van der Waals surface area contributed by atoms with Gasteiger partial charge in [-0.2, -0.15) is 0 Å². The molecule has 0 aromatic heterocycles. The summed E-state index contributed by atoms with van der Waals surface area (Å²) in [6, 6.07) is 4.61. The average molecular weight is 252 g/mol. The predicted molar refractivity (Wildman–Crippen MR) is 66.4 cm³/mol. The highest BCUT2D eigenvalue weighted by molar-refractivity contribution is 5.98. The van der Waals surface area contributed by atoms with Crippen LogP contribution in [0.2, 0.25) is 0 Å². The first-order chi connectivity index (χ1) is 8.47. The van der Waals surface area contributed by atoms with Gasteiger partial charge in [0.15, 0.2) is 0 Å². The van der Waals surface area contributed by atoms with Gasteiger partial charge in [0, 0.05) is 18.7 Å². The van der Waals surface area contributed by atoms with Gasteiger partial charge in [0.2, 0.25) is 0 Å². The molecule has 98 valence electrons. The second-order valence-electron chi connectivity index (χ2n) is 4.23. The average Bonchev–Trinajstić information content (AvgIpc) is 2.34. The molecule has 1 rings (SSSR count). The van der Waals surface area contributed by atoms with Gasteiger partial charge in [-0.1, -0.05) is 19.1 Å². The predicted octanol–water partition coefficient (Wildman–Crippen LogP) is 1.26. The summed E-state index contributed by atoms with van der Waals surface area (Å²) < 4.78 is 0. The zero-order chi connectivity index (χ0) is 13.7. The molecule has 0 saturated carbocycles. The molecule has 0 bridgehead atoms. The molecule has 1 amide bonds. The maximum absolute atomic E-state index is 11.8. The summed E-state index contributed by atoms with van der Waals surface area (Å²) in [5.74, 6) is -0.580. The van der Waals surface area contributed by atoms with E-state index in [9.17, 15) is 14.9 Å². The van der Waals surface area contributed by atoms with Crippen molar-refractivity contribution in [1.82, 2.24) is 5.32 Å². The minimum atomic E-state index is -0.556. The van der Waals surface area contributed by atoms with E-state index >= 15 is 0 Å². The number of rotatable bonds is 5. The Bertz CT molecular complexity index is 459. The van der Waals surface area contributed by atoms with Crippen LogP contribution in [0.3, 0.4) is 0 Å². The van der Waals surface area contributed by atoms with Gasteiger partial charge in [-0.15, -0.1) is 0 Å². The highest BCUT2D eigenvalue weighted by Gasteiger charge is 2.22. The lowest BCUT2D eigenvalue weighted by Crippen LogP contribution is -2.30. The number of hydrogen-bond donors (Lipinski definition) is 2. The highest BCUT2D eigenvalue weighted by atomic mass is 16.6. The number of amides is 1. The summed E-state index contributed by atoms with van der Waals surface area (Å²) in [4.78, 5) is 22.2. The number of aliphatic hydroxyl groups excluding tert-OH is 1. The molecule has 0 radical (unpaired) electrons. The lowest BCUT2D eigenvalue weighted by Gasteiger charge is -2.10. The monoisotopic (exact) mass is 252 g/mol. The molecule has 2 N–H and O–H groups in total. The third-order valence-corrected chi connectivity index (χ3v) is 2.59. The molecule has 1 atom stereocenters. The van der Waals surface area contributed by atoms with Gasteiger partial charge in [0.05, 0.1) is 4.92 Å². The van der Waals surface area contributed by atoms with Crippen molar-refractivity contribution in [2.75, 3.05) is 13.2 Å². The van der Waals surface area contributed by atoms with Gasteiger partial charge in [-0.3, -0.25) is 14.9 Å². The topological polar surface area (TPSA) is 92.5 Å². The minimum absolute atomic E-state index is 0.0454. The fraction of sp³-hybridized carbons (Fsp3) is 0.417. The van der Waals surface area contributed by atoms with Gasteiger partial charge < -0.3 is 10.4 Å². The van der Waals surface area contributed by atoms with Gasteiger partial charge >= 0.3 is 0 Å². The number of nitrogens with one attached hydrogen (secondary N) is 1. The summed E-state index contributed by atoms with van der Waals surface area (Å²) in [6.07, 6.45) is 0. The summed E-state index contributed by atoms with van der Waals surface area (Å²) >= 11 is 0. The Balaban J connectivity index is 2.92. The van der Waals surface area contributed by atoms with Crippen molar-refractivity contribution in [2.45, 2.75) is 13.8 Å². The first-order valence-corrected chi connectivity index (χ1v) is 5.60. The molecular weight excluding hydrogens is 236 g/mol. The van der Waals surface area contributed by atoms with Crippen LogP contribution >= 0.6 is 0 Å². The quantitative estimate of drug-likeness (QED) is 0.609. The fourth-order valence-corrected chi connectivity index (χ4v) is 1.51. The zero-order valence-electron chi connectivity index (χ0n) is 10.3. The highest BCUT2D eigenvalue weighted by Crippen LogP contribution is 2.22. The molecule has 6 heteroatoms. The minimum Gasteiger partial charge on any atom is -0.396 e. The van der Waals surface area contributed by atoms with Crippen molar-refractivity contribution in [1.29, 1.82) is 0 Å². The van der Waals surface area contributed by atoms with Crippen LogP contribution in [0, 0.1) is 23.0 Å². The van der Waals surface area contributed by atoms with Crippen LogP contribution in [0.5, 0.6) is 0 Å². The summed E-state index contributed by atoms with van der Waals surface area (Å²) in [5.41, 5.74) is 0.319. The smallest absolute Gasteiger partial charge is 0.285 e. The maximum atomic E-state index is 11.8. The van der Waals surface area contributed by atoms with Crippen LogP contribution in [-0.4, -0.2) is 29.1 Å². The lowest BCUT2D eigenvalue weighted by atomic mass is 10.1. The molecule has 0 aliphatic heterocycles. The Morgan fingerprint density at radius 2 is 2.22 bits per heavy atom. The Labute approximate surface area is 105 Å². The normalized spacial score (nSPS) is 11.9. The number of benzene rings is 1. The van der Waals surface area contributed by atoms with E-state index in [0.717, 1.165) is 0 Å². The largest absolute Gasteiger partial charge is 0.396 e. The number of carbonyl (C=O) groups excluding carboxylic acids is 1. The van der Waals surface area contributed by atoms with Crippen LogP contribution in [0.4, 0.5) is 5.69 Å². The summed E-state index contributed by atoms with van der Waals surface area (Å²) in [5, 5.41) is 22.3. The van der Waals surface area contributed by atoms with Gasteiger partial charge in [-0.05, 0) is 18.9 Å². The zero-order valence-corrected chi connectivity index (χ0v) is 10.3. The van der Waals surface area contributed by atoms with E-state index in [2.05, 4.69) is 5.32 Å². The molecule has 0 spiro atoms. The summed E-state index contributed by atoms with van der Waals surface area (Å²) in [7, 11) is 0. The van der Waals surface area contributed by atoms with Crippen molar-refractivity contribution in [3.05, 3.63) is 39.4 Å². The Kier molecular flexibility index (Phi) is 4.79. The van der Waals surface area contributed by atoms with E-state index in [1.807, 2.05) is 0 Å². The second kappa shape index (κ2) is 6.11. The fourth-order valence-electron chi connectivity index (χ4n) is 1.51. The summed E-state index contributed by atoms with van der Waals surface area (Å²) in [6.45, 7) is 3.59. The number of para-hydroxylation sites is 1. The first kappa shape index (κ1) is 14.1. The Morgan fingerprint density at radius 3 is 2.78 bits per heavy atom. The molecule has 0 aliphatic rings. The first-order valence-electron chi connectivity index (χ1n) is 5.60. The number of aryl methyl sites for hydroxylation is 1. The van der Waals surface area contributed by atoms with E-state index in [4.69, 9.17) is 5.11 Å². The van der Waals surface area contributed by atoms with E-state index in [1.54, 1.807) is 26.0 Å². The molecule has 0 heterocycles. The number of nitro groups is 1. The number of nitro benzene ring substituents is 1. The van der Waals surface area contributed by atoms with Gasteiger partial charge in [-0.25, -0.2) is 0 Å². The van der Waals surface area contributed by atoms with Crippen LogP contribution in [0.25, 0.3) is 0 Å². The molecule has 0 saturated heterocycles. The molecule has 0 fully saturated rings. The number of hydrogen-bond acceptors (Lipinski definition) is 4. The lowest BCUT2D eigenvalue weighted by molar-refractivity contribution is -0.385. The Hall–Kier alpha value is -1.95. The molecule has 1 aromatic rings. The van der Waals surface area contributed by atoms with E-state index in [-0.39, 0.29) is 30.3 Å². The molecule has 1 unspecified atom stereocenters. The van der Waals surface area contributed by atoms with Crippen LogP contribution in [0.1, 0.15) is 22.8 Å². The van der Waals surface area contributed by atoms with Crippen molar-refractivity contribution in [3.63, 3.8) is 0 Å². The maximum Gasteiger partial charge on any atom is 0.285 e. The third-order valence-electron chi connectivity index (χ3n) is 2.59. The van der Waals surface area contributed by atoms with Crippen LogP contribution in [-0.2, 0) is 0 Å².